The van der Waals surface area contributed by atoms with Gasteiger partial charge >= 0.3 is 0 Å². The van der Waals surface area contributed by atoms with Crippen LogP contribution >= 0.6 is 0 Å². The van der Waals surface area contributed by atoms with Crippen LogP contribution in [0.15, 0.2) is 47.6 Å². The fourth-order valence-corrected chi connectivity index (χ4v) is 2.49. The largest absolute Gasteiger partial charge is 0.454 e. The summed E-state index contributed by atoms with van der Waals surface area (Å²) in [5.74, 6) is 0.778. The molecule has 0 aliphatic carbocycles. The van der Waals surface area contributed by atoms with Crippen molar-refractivity contribution in [2.45, 2.75) is 19.8 Å². The number of rotatable bonds is 6. The maximum absolute atomic E-state index is 12.1. The zero-order valence-corrected chi connectivity index (χ0v) is 15.2. The average molecular weight is 367 g/mol. The first-order chi connectivity index (χ1) is 13.0. The van der Waals surface area contributed by atoms with E-state index in [0.29, 0.717) is 23.0 Å². The number of hydrazone groups is 1. The summed E-state index contributed by atoms with van der Waals surface area (Å²) < 4.78 is 10.4. The van der Waals surface area contributed by atoms with E-state index in [1.807, 2.05) is 24.3 Å². The van der Waals surface area contributed by atoms with Crippen molar-refractivity contribution in [3.63, 3.8) is 0 Å². The number of hydrogen-bond acceptors (Lipinski definition) is 5. The SMILES string of the molecule is CC(C)c1ccc(/C=N\NC(=O)CNC(=O)c2ccc3c(c2)OCO3)cc1. The van der Waals surface area contributed by atoms with Crippen molar-refractivity contribution in [3.8, 4) is 11.5 Å². The first kappa shape index (κ1) is 18.4. The lowest BCUT2D eigenvalue weighted by molar-refractivity contribution is -0.120. The Labute approximate surface area is 157 Å². The summed E-state index contributed by atoms with van der Waals surface area (Å²) >= 11 is 0. The zero-order chi connectivity index (χ0) is 19.2. The molecule has 3 rings (SSSR count). The second-order valence-corrected chi connectivity index (χ2v) is 6.37. The van der Waals surface area contributed by atoms with Crippen LogP contribution in [0.3, 0.4) is 0 Å². The highest BCUT2D eigenvalue weighted by Gasteiger charge is 2.16. The summed E-state index contributed by atoms with van der Waals surface area (Å²) in [6, 6.07) is 12.8. The van der Waals surface area contributed by atoms with Gasteiger partial charge < -0.3 is 14.8 Å². The maximum atomic E-state index is 12.1. The molecule has 0 radical (unpaired) electrons. The molecule has 1 aliphatic rings. The molecule has 0 unspecified atom stereocenters. The van der Waals surface area contributed by atoms with Crippen LogP contribution in [0.25, 0.3) is 0 Å². The molecule has 27 heavy (non-hydrogen) atoms. The first-order valence-corrected chi connectivity index (χ1v) is 8.62. The minimum absolute atomic E-state index is 0.140. The molecule has 2 aromatic rings. The van der Waals surface area contributed by atoms with Gasteiger partial charge in [0.05, 0.1) is 12.8 Å². The van der Waals surface area contributed by atoms with Gasteiger partial charge in [0.25, 0.3) is 11.8 Å². The molecule has 0 spiro atoms. The van der Waals surface area contributed by atoms with Gasteiger partial charge in [-0.05, 0) is 35.2 Å². The number of amides is 2. The van der Waals surface area contributed by atoms with Gasteiger partial charge in [-0.2, -0.15) is 5.10 Å². The highest BCUT2D eigenvalue weighted by atomic mass is 16.7. The summed E-state index contributed by atoms with van der Waals surface area (Å²) in [4.78, 5) is 23.9. The van der Waals surface area contributed by atoms with Crippen LogP contribution in [-0.2, 0) is 4.79 Å². The van der Waals surface area contributed by atoms with Gasteiger partial charge in [-0.25, -0.2) is 5.43 Å². The van der Waals surface area contributed by atoms with Crippen molar-refractivity contribution in [2.24, 2.45) is 5.10 Å². The number of nitrogens with zero attached hydrogens (tertiary/aromatic N) is 1. The van der Waals surface area contributed by atoms with E-state index in [0.717, 1.165) is 5.56 Å². The van der Waals surface area contributed by atoms with Crippen LogP contribution in [0.2, 0.25) is 0 Å². The standard InChI is InChI=1S/C20H21N3O4/c1-13(2)15-5-3-14(4-6-15)10-22-23-19(24)11-21-20(25)16-7-8-17-18(9-16)27-12-26-17/h3-10,13H,11-12H2,1-2H3,(H,21,25)(H,23,24)/b22-10-. The van der Waals surface area contributed by atoms with E-state index >= 15 is 0 Å². The summed E-state index contributed by atoms with van der Waals surface area (Å²) in [5, 5.41) is 6.44. The van der Waals surface area contributed by atoms with Gasteiger partial charge in [0.2, 0.25) is 6.79 Å². The Morgan fingerprint density at radius 3 is 2.59 bits per heavy atom. The second kappa shape index (κ2) is 8.35. The third kappa shape index (κ3) is 4.84. The van der Waals surface area contributed by atoms with Crippen molar-refractivity contribution in [1.29, 1.82) is 0 Å². The fraction of sp³-hybridized carbons (Fsp3) is 0.250. The number of hydrogen-bond donors (Lipinski definition) is 2. The van der Waals surface area contributed by atoms with Gasteiger partial charge in [-0.15, -0.1) is 0 Å². The third-order valence-corrected chi connectivity index (χ3v) is 4.05. The Morgan fingerprint density at radius 1 is 1.11 bits per heavy atom. The summed E-state index contributed by atoms with van der Waals surface area (Å²) in [6.07, 6.45) is 1.56. The number of ether oxygens (including phenoxy) is 2. The van der Waals surface area contributed by atoms with Gasteiger partial charge in [0, 0.05) is 5.56 Å². The van der Waals surface area contributed by atoms with Crippen LogP contribution in [0.4, 0.5) is 0 Å². The van der Waals surface area contributed by atoms with E-state index in [-0.39, 0.29) is 19.2 Å². The molecule has 2 aromatic carbocycles. The molecular formula is C20H21N3O4. The van der Waals surface area contributed by atoms with Gasteiger partial charge in [0.1, 0.15) is 0 Å². The highest BCUT2D eigenvalue weighted by Crippen LogP contribution is 2.32. The maximum Gasteiger partial charge on any atom is 0.259 e. The molecule has 2 amide bonds. The Kier molecular flexibility index (Phi) is 5.71. The predicted octanol–water partition coefficient (Wildman–Crippen LogP) is 2.42. The molecule has 0 saturated heterocycles. The van der Waals surface area contributed by atoms with Gasteiger partial charge in [-0.1, -0.05) is 38.1 Å². The minimum atomic E-state index is -0.417. The van der Waals surface area contributed by atoms with Crippen LogP contribution in [0, 0.1) is 0 Å². The molecule has 1 aliphatic heterocycles. The van der Waals surface area contributed by atoms with E-state index in [1.165, 1.54) is 5.56 Å². The van der Waals surface area contributed by atoms with Crippen LogP contribution in [0.5, 0.6) is 11.5 Å². The molecule has 140 valence electrons. The Hall–Kier alpha value is -3.35. The molecular weight excluding hydrogens is 346 g/mol. The quantitative estimate of drug-likeness (QED) is 0.606. The van der Waals surface area contributed by atoms with Crippen molar-refractivity contribution < 1.29 is 19.1 Å². The van der Waals surface area contributed by atoms with Crippen LogP contribution < -0.4 is 20.2 Å². The number of benzene rings is 2. The third-order valence-electron chi connectivity index (χ3n) is 4.05. The van der Waals surface area contributed by atoms with E-state index < -0.39 is 5.91 Å². The molecule has 1 heterocycles. The number of carbonyl (C=O) groups is 2. The smallest absolute Gasteiger partial charge is 0.259 e. The zero-order valence-electron chi connectivity index (χ0n) is 15.2. The van der Waals surface area contributed by atoms with Crippen molar-refractivity contribution >= 4 is 18.0 Å². The Balaban J connectivity index is 1.46. The van der Waals surface area contributed by atoms with Crippen molar-refractivity contribution in [3.05, 3.63) is 59.2 Å². The second-order valence-electron chi connectivity index (χ2n) is 6.37. The molecule has 0 saturated carbocycles. The molecule has 0 atom stereocenters. The lowest BCUT2D eigenvalue weighted by Gasteiger charge is -2.05. The Bertz CT molecular complexity index is 860. The summed E-state index contributed by atoms with van der Waals surface area (Å²) in [5.41, 5.74) is 4.89. The molecule has 0 aromatic heterocycles. The predicted molar refractivity (Wildman–Crippen MR) is 101 cm³/mol. The lowest BCUT2D eigenvalue weighted by Crippen LogP contribution is -2.34. The monoisotopic (exact) mass is 367 g/mol. The van der Waals surface area contributed by atoms with Crippen molar-refractivity contribution in [1.82, 2.24) is 10.7 Å². The fourth-order valence-electron chi connectivity index (χ4n) is 2.49. The van der Waals surface area contributed by atoms with Crippen molar-refractivity contribution in [2.75, 3.05) is 13.3 Å². The lowest BCUT2D eigenvalue weighted by atomic mass is 10.0. The molecule has 7 nitrogen and oxygen atoms in total. The number of fused-ring (bicyclic) bond motifs is 1. The van der Waals surface area contributed by atoms with E-state index in [1.54, 1.807) is 24.4 Å². The number of nitrogens with one attached hydrogen (secondary N) is 2. The minimum Gasteiger partial charge on any atom is -0.454 e. The van der Waals surface area contributed by atoms with E-state index in [4.69, 9.17) is 9.47 Å². The molecule has 2 N–H and O–H groups in total. The van der Waals surface area contributed by atoms with Gasteiger partial charge in [-0.3, -0.25) is 9.59 Å². The number of carbonyl (C=O) groups excluding carboxylic acids is 2. The summed E-state index contributed by atoms with van der Waals surface area (Å²) in [7, 11) is 0. The summed E-state index contributed by atoms with van der Waals surface area (Å²) in [6.45, 7) is 4.21. The Morgan fingerprint density at radius 2 is 1.85 bits per heavy atom. The topological polar surface area (TPSA) is 89.0 Å². The van der Waals surface area contributed by atoms with Gasteiger partial charge in [0.15, 0.2) is 11.5 Å². The highest BCUT2D eigenvalue weighted by molar-refractivity contribution is 5.97. The first-order valence-electron chi connectivity index (χ1n) is 8.62. The van der Waals surface area contributed by atoms with E-state index in [2.05, 4.69) is 29.7 Å². The van der Waals surface area contributed by atoms with Crippen LogP contribution in [0.1, 0.15) is 41.3 Å². The van der Waals surface area contributed by atoms with E-state index in [9.17, 15) is 9.59 Å². The van der Waals surface area contributed by atoms with Crippen LogP contribution in [-0.4, -0.2) is 31.4 Å². The molecule has 7 heteroatoms. The molecule has 0 bridgehead atoms. The average Bonchev–Trinajstić information content (AvgIpc) is 3.14. The normalized spacial score (nSPS) is 12.4. The molecule has 0 fully saturated rings.